The third-order valence-corrected chi connectivity index (χ3v) is 5.18. The van der Waals surface area contributed by atoms with Gasteiger partial charge in [-0.2, -0.15) is 4.72 Å². The highest BCUT2D eigenvalue weighted by Crippen LogP contribution is 2.15. The molecule has 0 unspecified atom stereocenters. The van der Waals surface area contributed by atoms with Crippen molar-refractivity contribution >= 4 is 31.9 Å². The van der Waals surface area contributed by atoms with Crippen LogP contribution in [0.4, 0.5) is 0 Å². The van der Waals surface area contributed by atoms with Gasteiger partial charge in [0.25, 0.3) is 5.91 Å². The summed E-state index contributed by atoms with van der Waals surface area (Å²) in [6.07, 6.45) is 0.194. The molecule has 0 fully saturated rings. The standard InChI is InChI=1S/C15H16BrN3O3S/c16-12-6-8-13(9-7-12)23(21,22)19-14(15(20)18-17)10-11-4-2-1-3-5-11/h1-9,14,19H,10,17H2,(H,18,20)/t14-/m0/s1. The number of sulfonamides is 1. The Morgan fingerprint density at radius 3 is 2.26 bits per heavy atom. The van der Waals surface area contributed by atoms with Gasteiger partial charge >= 0.3 is 0 Å². The smallest absolute Gasteiger partial charge is 0.252 e. The molecule has 0 aliphatic rings. The van der Waals surface area contributed by atoms with Crippen LogP contribution in [0.3, 0.4) is 0 Å². The van der Waals surface area contributed by atoms with E-state index in [1.54, 1.807) is 12.1 Å². The number of carbonyl (C=O) groups is 1. The number of nitrogens with two attached hydrogens (primary N) is 1. The van der Waals surface area contributed by atoms with Crippen molar-refractivity contribution in [2.75, 3.05) is 0 Å². The number of nitrogens with one attached hydrogen (secondary N) is 2. The maximum Gasteiger partial charge on any atom is 0.252 e. The summed E-state index contributed by atoms with van der Waals surface area (Å²) in [5.41, 5.74) is 2.81. The first-order chi connectivity index (χ1) is 10.9. The minimum Gasteiger partial charge on any atom is -0.293 e. The Bertz CT molecular complexity index is 764. The molecule has 0 bridgehead atoms. The van der Waals surface area contributed by atoms with Gasteiger partial charge in [0.05, 0.1) is 4.90 Å². The van der Waals surface area contributed by atoms with Crippen molar-refractivity contribution in [1.29, 1.82) is 0 Å². The van der Waals surface area contributed by atoms with E-state index in [1.807, 2.05) is 35.8 Å². The predicted molar refractivity (Wildman–Crippen MR) is 90.7 cm³/mol. The molecule has 1 amide bonds. The lowest BCUT2D eigenvalue weighted by atomic mass is 10.1. The van der Waals surface area contributed by atoms with Gasteiger partial charge in [0.15, 0.2) is 0 Å². The van der Waals surface area contributed by atoms with Crippen LogP contribution in [0.25, 0.3) is 0 Å². The Kier molecular flexibility index (Phi) is 5.89. The summed E-state index contributed by atoms with van der Waals surface area (Å²) in [4.78, 5) is 12.0. The van der Waals surface area contributed by atoms with E-state index in [2.05, 4.69) is 20.7 Å². The van der Waals surface area contributed by atoms with E-state index >= 15 is 0 Å². The highest BCUT2D eigenvalue weighted by Gasteiger charge is 2.25. The van der Waals surface area contributed by atoms with E-state index in [0.717, 1.165) is 10.0 Å². The Hall–Kier alpha value is -1.74. The summed E-state index contributed by atoms with van der Waals surface area (Å²) in [6, 6.07) is 14.2. The number of rotatable bonds is 6. The van der Waals surface area contributed by atoms with Crippen molar-refractivity contribution < 1.29 is 13.2 Å². The monoisotopic (exact) mass is 397 g/mol. The number of carbonyl (C=O) groups excluding carboxylic acids is 1. The van der Waals surface area contributed by atoms with Crippen LogP contribution in [0.15, 0.2) is 64.0 Å². The van der Waals surface area contributed by atoms with Crippen LogP contribution >= 0.6 is 15.9 Å². The minimum absolute atomic E-state index is 0.0728. The van der Waals surface area contributed by atoms with E-state index in [9.17, 15) is 13.2 Å². The molecule has 0 aromatic heterocycles. The van der Waals surface area contributed by atoms with Gasteiger partial charge in [0.1, 0.15) is 6.04 Å². The molecule has 122 valence electrons. The molecule has 4 N–H and O–H groups in total. The summed E-state index contributed by atoms with van der Waals surface area (Å²) >= 11 is 3.25. The Balaban J connectivity index is 2.23. The van der Waals surface area contributed by atoms with Crippen LogP contribution < -0.4 is 16.0 Å². The first-order valence-electron chi connectivity index (χ1n) is 6.74. The van der Waals surface area contributed by atoms with Crippen molar-refractivity contribution in [1.82, 2.24) is 10.1 Å². The number of hydrazine groups is 1. The molecule has 0 aliphatic carbocycles. The molecule has 0 radical (unpaired) electrons. The van der Waals surface area contributed by atoms with E-state index in [1.165, 1.54) is 12.1 Å². The molecule has 8 heteroatoms. The SMILES string of the molecule is NNC(=O)[C@H](Cc1ccccc1)NS(=O)(=O)c1ccc(Br)cc1. The normalized spacial score (nSPS) is 12.6. The molecule has 0 heterocycles. The summed E-state index contributed by atoms with van der Waals surface area (Å²) in [5.74, 6) is 4.56. The van der Waals surface area contributed by atoms with Crippen LogP contribution in [0.5, 0.6) is 0 Å². The summed E-state index contributed by atoms with van der Waals surface area (Å²) in [7, 11) is -3.84. The number of hydrogen-bond donors (Lipinski definition) is 3. The van der Waals surface area contributed by atoms with Gasteiger partial charge in [-0.1, -0.05) is 46.3 Å². The fourth-order valence-corrected chi connectivity index (χ4v) is 3.47. The van der Waals surface area contributed by atoms with Gasteiger partial charge in [-0.05, 0) is 36.2 Å². The zero-order valence-electron chi connectivity index (χ0n) is 12.1. The molecule has 0 saturated carbocycles. The van der Waals surface area contributed by atoms with Crippen LogP contribution in [0.2, 0.25) is 0 Å². The second-order valence-corrected chi connectivity index (χ2v) is 7.46. The quantitative estimate of drug-likeness (QED) is 0.388. The second kappa shape index (κ2) is 7.69. The average molecular weight is 398 g/mol. The fraction of sp³-hybridized carbons (Fsp3) is 0.133. The lowest BCUT2D eigenvalue weighted by molar-refractivity contribution is -0.122. The summed E-state index contributed by atoms with van der Waals surface area (Å²) in [6.45, 7) is 0. The van der Waals surface area contributed by atoms with Crippen molar-refractivity contribution in [3.63, 3.8) is 0 Å². The van der Waals surface area contributed by atoms with Crippen LogP contribution in [0, 0.1) is 0 Å². The molecule has 6 nitrogen and oxygen atoms in total. The zero-order valence-corrected chi connectivity index (χ0v) is 14.5. The largest absolute Gasteiger partial charge is 0.293 e. The van der Waals surface area contributed by atoms with E-state index in [-0.39, 0.29) is 11.3 Å². The molecule has 2 aromatic carbocycles. The minimum atomic E-state index is -3.84. The number of halogens is 1. The summed E-state index contributed by atoms with van der Waals surface area (Å²) < 4.78 is 28.0. The molecule has 1 atom stereocenters. The third-order valence-electron chi connectivity index (χ3n) is 3.16. The Morgan fingerprint density at radius 1 is 1.09 bits per heavy atom. The predicted octanol–water partition coefficient (Wildman–Crippen LogP) is 1.33. The molecular weight excluding hydrogens is 382 g/mol. The van der Waals surface area contributed by atoms with Gasteiger partial charge in [-0.25, -0.2) is 14.3 Å². The first kappa shape index (κ1) is 17.6. The molecule has 0 aliphatic heterocycles. The second-order valence-electron chi connectivity index (χ2n) is 4.83. The van der Waals surface area contributed by atoms with E-state index in [0.29, 0.717) is 0 Å². The number of hydrogen-bond acceptors (Lipinski definition) is 4. The molecule has 23 heavy (non-hydrogen) atoms. The van der Waals surface area contributed by atoms with E-state index < -0.39 is 22.0 Å². The highest BCUT2D eigenvalue weighted by molar-refractivity contribution is 9.10. The molecule has 2 rings (SSSR count). The Labute approximate surface area is 143 Å². The Morgan fingerprint density at radius 2 is 1.70 bits per heavy atom. The van der Waals surface area contributed by atoms with Crippen LogP contribution in [0.1, 0.15) is 5.56 Å². The number of benzene rings is 2. The number of amides is 1. The fourth-order valence-electron chi connectivity index (χ4n) is 2.01. The maximum atomic E-state index is 12.4. The average Bonchev–Trinajstić information content (AvgIpc) is 2.54. The van der Waals surface area contributed by atoms with E-state index in [4.69, 9.17) is 5.84 Å². The molecule has 0 spiro atoms. The van der Waals surface area contributed by atoms with Crippen molar-refractivity contribution in [2.24, 2.45) is 5.84 Å². The van der Waals surface area contributed by atoms with Gasteiger partial charge < -0.3 is 0 Å². The first-order valence-corrected chi connectivity index (χ1v) is 9.02. The van der Waals surface area contributed by atoms with Crippen molar-refractivity contribution in [3.05, 3.63) is 64.6 Å². The van der Waals surface area contributed by atoms with Crippen LogP contribution in [-0.2, 0) is 21.2 Å². The van der Waals surface area contributed by atoms with Crippen molar-refractivity contribution in [3.8, 4) is 0 Å². The van der Waals surface area contributed by atoms with Crippen LogP contribution in [-0.4, -0.2) is 20.4 Å². The van der Waals surface area contributed by atoms with Gasteiger partial charge in [-0.15, -0.1) is 0 Å². The lowest BCUT2D eigenvalue weighted by Crippen LogP contribution is -2.49. The van der Waals surface area contributed by atoms with Crippen molar-refractivity contribution in [2.45, 2.75) is 17.4 Å². The van der Waals surface area contributed by atoms with Gasteiger partial charge in [-0.3, -0.25) is 10.2 Å². The van der Waals surface area contributed by atoms with Gasteiger partial charge in [0.2, 0.25) is 10.0 Å². The summed E-state index contributed by atoms with van der Waals surface area (Å²) in [5, 5.41) is 0. The third kappa shape index (κ3) is 4.87. The molecule has 0 saturated heterocycles. The maximum absolute atomic E-state index is 12.4. The topological polar surface area (TPSA) is 101 Å². The van der Waals surface area contributed by atoms with Gasteiger partial charge in [0, 0.05) is 4.47 Å². The lowest BCUT2D eigenvalue weighted by Gasteiger charge is -2.17. The molecule has 2 aromatic rings. The highest BCUT2D eigenvalue weighted by atomic mass is 79.9. The molecular formula is C15H16BrN3O3S. The zero-order chi connectivity index (χ0) is 16.9.